The number of rotatable bonds is 6. The average molecular weight is 222 g/mol. The molecule has 0 atom stereocenters. The van der Waals surface area contributed by atoms with E-state index >= 15 is 0 Å². The molecule has 0 amide bonds. The minimum atomic E-state index is -0.476. The molecule has 0 aromatic heterocycles. The van der Waals surface area contributed by atoms with Gasteiger partial charge in [0.1, 0.15) is 0 Å². The first kappa shape index (κ1) is 13.6. The molecule has 0 fully saturated rings. The van der Waals surface area contributed by atoms with Gasteiger partial charge in [-0.3, -0.25) is 0 Å². The maximum absolute atomic E-state index is 2.38. The van der Waals surface area contributed by atoms with Crippen LogP contribution in [0.2, 0.25) is 15.4 Å². The van der Waals surface area contributed by atoms with Gasteiger partial charge in [0.15, 0.2) is 0 Å². The fraction of sp³-hybridized carbons (Fsp3) is 1.00. The monoisotopic (exact) mass is 222 g/mol. The van der Waals surface area contributed by atoms with E-state index < -0.39 is 15.2 Å². The number of hydrogen-bond donors (Lipinski definition) is 0. The minimum absolute atomic E-state index is 0.476. The Hall–Kier alpha value is 0.584. The molecule has 0 aliphatic rings. The van der Waals surface area contributed by atoms with Crippen LogP contribution in [0.3, 0.4) is 0 Å². The van der Waals surface area contributed by atoms with Crippen LogP contribution in [0.1, 0.15) is 41.5 Å². The zero-order valence-electron chi connectivity index (χ0n) is 10.3. The van der Waals surface area contributed by atoms with Gasteiger partial charge in [0.05, 0.1) is 0 Å². The zero-order chi connectivity index (χ0) is 10.4. The first-order valence-corrected chi connectivity index (χ1v) is 8.60. The van der Waals surface area contributed by atoms with Crippen LogP contribution in [0.4, 0.5) is 0 Å². The van der Waals surface area contributed by atoms with Gasteiger partial charge < -0.3 is 0 Å². The molecule has 0 heterocycles. The van der Waals surface area contributed by atoms with E-state index in [-0.39, 0.29) is 0 Å². The van der Waals surface area contributed by atoms with Crippen LogP contribution >= 0.6 is 0 Å². The van der Waals surface area contributed by atoms with Crippen molar-refractivity contribution >= 4 is 0 Å². The number of hydrogen-bond acceptors (Lipinski definition) is 0. The van der Waals surface area contributed by atoms with Crippen LogP contribution in [-0.4, -0.2) is 0 Å². The van der Waals surface area contributed by atoms with Crippen molar-refractivity contribution in [3.8, 4) is 0 Å². The average Bonchev–Trinajstić information content (AvgIpc) is 1.80. The third kappa shape index (κ3) is 8.90. The van der Waals surface area contributed by atoms with Crippen LogP contribution in [0, 0.1) is 17.8 Å². The van der Waals surface area contributed by atoms with Crippen molar-refractivity contribution < 1.29 is 15.2 Å². The summed E-state index contributed by atoms with van der Waals surface area (Å²) < 4.78 is 0. The van der Waals surface area contributed by atoms with Gasteiger partial charge in [-0.2, -0.15) is 0 Å². The van der Waals surface area contributed by atoms with Crippen molar-refractivity contribution in [1.82, 2.24) is 0 Å². The van der Waals surface area contributed by atoms with Crippen LogP contribution in [-0.2, 0) is 15.2 Å². The normalized spacial score (nSPS) is 12.5. The molecule has 1 heteroatoms. The summed E-state index contributed by atoms with van der Waals surface area (Å²) in [7, 11) is 0. The summed E-state index contributed by atoms with van der Waals surface area (Å²) in [6, 6.07) is 0. The third-order valence-corrected chi connectivity index (χ3v) is 7.71. The standard InChI is InChI=1S/3C4H9.V/c3*1-4(2)3;/h3*4H,1H2,2-3H3;. The quantitative estimate of drug-likeness (QED) is 0.604. The summed E-state index contributed by atoms with van der Waals surface area (Å²) in [4.78, 5) is 0. The van der Waals surface area contributed by atoms with E-state index in [1.807, 2.05) is 0 Å². The van der Waals surface area contributed by atoms with Crippen LogP contribution < -0.4 is 0 Å². The molecule has 0 rings (SSSR count). The second-order valence-corrected chi connectivity index (χ2v) is 9.21. The molecular formula is C12H27V. The Balaban J connectivity index is 3.87. The Morgan fingerprint density at radius 1 is 0.615 bits per heavy atom. The van der Waals surface area contributed by atoms with Gasteiger partial charge >= 0.3 is 89.9 Å². The summed E-state index contributed by atoms with van der Waals surface area (Å²) in [5.41, 5.74) is 0. The topological polar surface area (TPSA) is 0 Å². The maximum atomic E-state index is 2.38. The van der Waals surface area contributed by atoms with Gasteiger partial charge in [0.25, 0.3) is 0 Å². The Morgan fingerprint density at radius 3 is 1.00 bits per heavy atom. The van der Waals surface area contributed by atoms with Crippen molar-refractivity contribution in [2.75, 3.05) is 0 Å². The van der Waals surface area contributed by atoms with Gasteiger partial charge in [0, 0.05) is 0 Å². The van der Waals surface area contributed by atoms with Gasteiger partial charge in [-0.15, -0.1) is 0 Å². The van der Waals surface area contributed by atoms with E-state index in [0.29, 0.717) is 0 Å². The molecule has 0 saturated heterocycles. The summed E-state index contributed by atoms with van der Waals surface area (Å²) in [5.74, 6) is 2.78. The van der Waals surface area contributed by atoms with E-state index in [2.05, 4.69) is 41.5 Å². The summed E-state index contributed by atoms with van der Waals surface area (Å²) >= 11 is -0.476. The Bertz CT molecular complexity index is 92.5. The molecule has 13 heavy (non-hydrogen) atoms. The Morgan fingerprint density at radius 2 is 0.846 bits per heavy atom. The summed E-state index contributed by atoms with van der Waals surface area (Å²) in [6.45, 7) is 14.3. The van der Waals surface area contributed by atoms with Crippen molar-refractivity contribution in [2.45, 2.75) is 56.9 Å². The summed E-state index contributed by atoms with van der Waals surface area (Å²) in [6.07, 6.45) is 0. The van der Waals surface area contributed by atoms with Crippen molar-refractivity contribution in [3.63, 3.8) is 0 Å². The first-order chi connectivity index (χ1) is 5.91. The van der Waals surface area contributed by atoms with E-state index in [1.165, 1.54) is 0 Å². The van der Waals surface area contributed by atoms with E-state index in [0.717, 1.165) is 17.8 Å². The molecule has 0 bridgehead atoms. The Kier molecular flexibility index (Phi) is 7.27. The Labute approximate surface area is 90.0 Å². The van der Waals surface area contributed by atoms with Crippen molar-refractivity contribution in [3.05, 3.63) is 0 Å². The zero-order valence-corrected chi connectivity index (χ0v) is 11.7. The second kappa shape index (κ2) is 6.95. The van der Waals surface area contributed by atoms with Gasteiger partial charge in [0.2, 0.25) is 0 Å². The molecule has 0 saturated carbocycles. The van der Waals surface area contributed by atoms with Crippen LogP contribution in [0.15, 0.2) is 0 Å². The van der Waals surface area contributed by atoms with Gasteiger partial charge in [-0.1, -0.05) is 0 Å². The molecule has 0 nitrogen and oxygen atoms in total. The van der Waals surface area contributed by atoms with Crippen LogP contribution in [0.5, 0.6) is 0 Å². The summed E-state index contributed by atoms with van der Waals surface area (Å²) in [5, 5.41) is 4.68. The molecule has 0 N–H and O–H groups in total. The molecule has 0 aliphatic heterocycles. The van der Waals surface area contributed by atoms with E-state index in [1.54, 1.807) is 15.4 Å². The predicted molar refractivity (Wildman–Crippen MR) is 58.9 cm³/mol. The third-order valence-electron chi connectivity index (χ3n) is 1.87. The second-order valence-electron chi connectivity index (χ2n) is 5.40. The molecular weight excluding hydrogens is 195 g/mol. The molecule has 0 unspecified atom stereocenters. The van der Waals surface area contributed by atoms with Crippen molar-refractivity contribution in [2.24, 2.45) is 17.8 Å². The molecule has 0 radical (unpaired) electrons. The van der Waals surface area contributed by atoms with Gasteiger partial charge in [-0.05, 0) is 0 Å². The SMILES string of the molecule is CC(C)[CH2][V]([CH2]C(C)C)[CH2]C(C)C. The predicted octanol–water partition coefficient (Wildman–Crippen LogP) is 4.83. The van der Waals surface area contributed by atoms with E-state index in [4.69, 9.17) is 0 Å². The molecule has 0 aliphatic carbocycles. The fourth-order valence-electron chi connectivity index (χ4n) is 1.77. The van der Waals surface area contributed by atoms with Gasteiger partial charge in [-0.25, -0.2) is 0 Å². The molecule has 0 aromatic carbocycles. The van der Waals surface area contributed by atoms with Crippen molar-refractivity contribution in [1.29, 1.82) is 0 Å². The molecule has 0 spiro atoms. The van der Waals surface area contributed by atoms with Crippen LogP contribution in [0.25, 0.3) is 0 Å². The molecule has 0 aromatic rings. The molecule has 80 valence electrons. The first-order valence-electron chi connectivity index (χ1n) is 5.64. The fourth-order valence-corrected chi connectivity index (χ4v) is 7.31. The van der Waals surface area contributed by atoms with E-state index in [9.17, 15) is 0 Å².